The number of imidazole rings is 1. The molecule has 1 aromatic carbocycles. The number of amides is 2. The molecule has 28 heavy (non-hydrogen) atoms. The number of rotatable bonds is 10. The van der Waals surface area contributed by atoms with Crippen LogP contribution in [0.3, 0.4) is 0 Å². The van der Waals surface area contributed by atoms with E-state index in [9.17, 15) is 9.59 Å². The molecule has 0 saturated carbocycles. The lowest BCUT2D eigenvalue weighted by molar-refractivity contribution is -0.123. The largest absolute Gasteiger partial charge is 0.484 e. The Morgan fingerprint density at radius 1 is 1.18 bits per heavy atom. The van der Waals surface area contributed by atoms with E-state index in [0.29, 0.717) is 18.0 Å². The molecule has 2 amide bonds. The highest BCUT2D eigenvalue weighted by Crippen LogP contribution is 2.18. The van der Waals surface area contributed by atoms with Crippen LogP contribution >= 0.6 is 0 Å². The molecule has 0 saturated heterocycles. The molecule has 0 fully saturated rings. The van der Waals surface area contributed by atoms with Gasteiger partial charge in [0.15, 0.2) is 12.4 Å². The van der Waals surface area contributed by atoms with Gasteiger partial charge in [0.2, 0.25) is 0 Å². The molecule has 0 atom stereocenters. The van der Waals surface area contributed by atoms with Crippen molar-refractivity contribution in [3.63, 3.8) is 0 Å². The summed E-state index contributed by atoms with van der Waals surface area (Å²) in [6.07, 6.45) is 8.70. The van der Waals surface area contributed by atoms with Crippen LogP contribution in [0.1, 0.15) is 23.4 Å². The van der Waals surface area contributed by atoms with Gasteiger partial charge in [0.25, 0.3) is 11.8 Å². The number of benzene rings is 1. The zero-order valence-corrected chi connectivity index (χ0v) is 15.3. The summed E-state index contributed by atoms with van der Waals surface area (Å²) < 4.78 is 12.6. The van der Waals surface area contributed by atoms with Crippen molar-refractivity contribution in [2.75, 3.05) is 18.5 Å². The molecule has 0 unspecified atom stereocenters. The van der Waals surface area contributed by atoms with Gasteiger partial charge >= 0.3 is 0 Å². The van der Waals surface area contributed by atoms with Crippen LogP contribution in [0.5, 0.6) is 5.75 Å². The number of hydrogen-bond donors (Lipinski definition) is 2. The van der Waals surface area contributed by atoms with Gasteiger partial charge in [-0.2, -0.15) is 0 Å². The summed E-state index contributed by atoms with van der Waals surface area (Å²) >= 11 is 0. The van der Waals surface area contributed by atoms with Crippen LogP contribution in [-0.4, -0.2) is 34.5 Å². The second-order valence-corrected chi connectivity index (χ2v) is 6.11. The highest BCUT2D eigenvalue weighted by Gasteiger charge is 2.09. The second-order valence-electron chi connectivity index (χ2n) is 6.11. The smallest absolute Gasteiger partial charge is 0.291 e. The van der Waals surface area contributed by atoms with Gasteiger partial charge in [0.1, 0.15) is 5.75 Å². The number of furan rings is 1. The Labute approximate surface area is 162 Å². The van der Waals surface area contributed by atoms with Crippen LogP contribution in [-0.2, 0) is 11.3 Å². The summed E-state index contributed by atoms with van der Waals surface area (Å²) in [5.74, 6) is 0.175. The maximum absolute atomic E-state index is 12.0. The van der Waals surface area contributed by atoms with E-state index in [1.54, 1.807) is 48.9 Å². The van der Waals surface area contributed by atoms with Gasteiger partial charge in [0.05, 0.1) is 12.6 Å². The molecular weight excluding hydrogens is 360 g/mol. The van der Waals surface area contributed by atoms with E-state index in [0.717, 1.165) is 19.4 Å². The zero-order chi connectivity index (χ0) is 19.6. The SMILES string of the molecule is O=C(COc1cccc(NC(=O)c2ccco2)c1)NCCCCn1ccnc1. The van der Waals surface area contributed by atoms with Crippen molar-refractivity contribution in [3.8, 4) is 5.75 Å². The predicted octanol–water partition coefficient (Wildman–Crippen LogP) is 2.70. The predicted molar refractivity (Wildman–Crippen MR) is 103 cm³/mol. The van der Waals surface area contributed by atoms with Crippen LogP contribution in [0, 0.1) is 0 Å². The maximum Gasteiger partial charge on any atom is 0.291 e. The molecule has 3 rings (SSSR count). The second kappa shape index (κ2) is 9.96. The summed E-state index contributed by atoms with van der Waals surface area (Å²) in [7, 11) is 0. The van der Waals surface area contributed by atoms with Gasteiger partial charge in [-0.3, -0.25) is 9.59 Å². The van der Waals surface area contributed by atoms with Crippen LogP contribution < -0.4 is 15.4 Å². The van der Waals surface area contributed by atoms with E-state index in [-0.39, 0.29) is 24.2 Å². The molecule has 146 valence electrons. The molecule has 0 radical (unpaired) electrons. The van der Waals surface area contributed by atoms with Gasteiger partial charge in [-0.1, -0.05) is 6.07 Å². The third kappa shape index (κ3) is 6.01. The fourth-order valence-corrected chi connectivity index (χ4v) is 2.53. The zero-order valence-electron chi connectivity index (χ0n) is 15.3. The number of unbranched alkanes of at least 4 members (excludes halogenated alkanes) is 1. The summed E-state index contributed by atoms with van der Waals surface area (Å²) in [5.41, 5.74) is 0.554. The Hall–Kier alpha value is -3.55. The highest BCUT2D eigenvalue weighted by atomic mass is 16.5. The topological polar surface area (TPSA) is 98.4 Å². The van der Waals surface area contributed by atoms with Crippen LogP contribution in [0.2, 0.25) is 0 Å². The van der Waals surface area contributed by atoms with Crippen molar-refractivity contribution in [2.45, 2.75) is 19.4 Å². The standard InChI is InChI=1S/C20H22N4O4/c25-19(22-8-1-2-10-24-11-9-21-15-24)14-28-17-6-3-5-16(13-17)23-20(26)18-7-4-12-27-18/h3-7,9,11-13,15H,1-2,8,10,14H2,(H,22,25)(H,23,26). The molecule has 0 spiro atoms. The van der Waals surface area contributed by atoms with E-state index in [1.807, 2.05) is 10.8 Å². The highest BCUT2D eigenvalue weighted by molar-refractivity contribution is 6.02. The number of ether oxygens (including phenoxy) is 1. The number of anilines is 1. The first-order valence-corrected chi connectivity index (χ1v) is 9.01. The lowest BCUT2D eigenvalue weighted by Gasteiger charge is -2.09. The third-order valence-electron chi connectivity index (χ3n) is 3.93. The Kier molecular flexibility index (Phi) is 6.84. The summed E-state index contributed by atoms with van der Waals surface area (Å²) in [4.78, 5) is 27.9. The van der Waals surface area contributed by atoms with E-state index in [2.05, 4.69) is 15.6 Å². The van der Waals surface area contributed by atoms with Gasteiger partial charge < -0.3 is 24.4 Å². The Bertz CT molecular complexity index is 876. The van der Waals surface area contributed by atoms with Crippen molar-refractivity contribution in [1.82, 2.24) is 14.9 Å². The molecule has 2 heterocycles. The Balaban J connectivity index is 1.35. The number of aryl methyl sites for hydroxylation is 1. The molecule has 8 nitrogen and oxygen atoms in total. The first kappa shape index (κ1) is 19.2. The lowest BCUT2D eigenvalue weighted by atomic mass is 10.3. The monoisotopic (exact) mass is 382 g/mol. The molecule has 8 heteroatoms. The van der Waals surface area contributed by atoms with E-state index < -0.39 is 0 Å². The van der Waals surface area contributed by atoms with Crippen molar-refractivity contribution >= 4 is 17.5 Å². The number of carbonyl (C=O) groups excluding carboxylic acids is 2. The molecule has 0 aliphatic rings. The first-order valence-electron chi connectivity index (χ1n) is 9.01. The summed E-state index contributed by atoms with van der Waals surface area (Å²) in [5, 5.41) is 5.54. The van der Waals surface area contributed by atoms with Gasteiger partial charge in [-0.05, 0) is 37.1 Å². The van der Waals surface area contributed by atoms with Crippen molar-refractivity contribution in [1.29, 1.82) is 0 Å². The molecule has 2 aromatic heterocycles. The summed E-state index contributed by atoms with van der Waals surface area (Å²) in [6.45, 7) is 1.39. The van der Waals surface area contributed by atoms with Gasteiger partial charge in [0, 0.05) is 37.2 Å². The average Bonchev–Trinajstić information content (AvgIpc) is 3.40. The van der Waals surface area contributed by atoms with Crippen molar-refractivity contribution in [2.24, 2.45) is 0 Å². The number of hydrogen-bond acceptors (Lipinski definition) is 5. The molecule has 0 bridgehead atoms. The Morgan fingerprint density at radius 2 is 2.11 bits per heavy atom. The quantitative estimate of drug-likeness (QED) is 0.525. The fourth-order valence-electron chi connectivity index (χ4n) is 2.53. The van der Waals surface area contributed by atoms with Crippen LogP contribution in [0.4, 0.5) is 5.69 Å². The maximum atomic E-state index is 12.0. The summed E-state index contributed by atoms with van der Waals surface area (Å²) in [6, 6.07) is 10.1. The number of aromatic nitrogens is 2. The van der Waals surface area contributed by atoms with Gasteiger partial charge in [-0.15, -0.1) is 0 Å². The first-order chi connectivity index (χ1) is 13.7. The third-order valence-corrected chi connectivity index (χ3v) is 3.93. The van der Waals surface area contributed by atoms with Gasteiger partial charge in [-0.25, -0.2) is 4.98 Å². The molecule has 0 aliphatic carbocycles. The van der Waals surface area contributed by atoms with E-state index >= 15 is 0 Å². The number of nitrogens with zero attached hydrogens (tertiary/aromatic N) is 2. The van der Waals surface area contributed by atoms with Crippen LogP contribution in [0.25, 0.3) is 0 Å². The minimum atomic E-state index is -0.351. The van der Waals surface area contributed by atoms with Crippen LogP contribution in [0.15, 0.2) is 65.8 Å². The average molecular weight is 382 g/mol. The van der Waals surface area contributed by atoms with E-state index in [4.69, 9.17) is 9.15 Å². The van der Waals surface area contributed by atoms with E-state index in [1.165, 1.54) is 6.26 Å². The Morgan fingerprint density at radius 3 is 2.89 bits per heavy atom. The normalized spacial score (nSPS) is 10.4. The molecular formula is C20H22N4O4. The lowest BCUT2D eigenvalue weighted by Crippen LogP contribution is -2.29. The minimum absolute atomic E-state index is 0.0862. The molecule has 3 aromatic rings. The fraction of sp³-hybridized carbons (Fsp3) is 0.250. The van der Waals surface area contributed by atoms with Crippen molar-refractivity contribution < 1.29 is 18.7 Å². The molecule has 2 N–H and O–H groups in total. The minimum Gasteiger partial charge on any atom is -0.484 e. The molecule has 0 aliphatic heterocycles. The van der Waals surface area contributed by atoms with Crippen molar-refractivity contribution in [3.05, 3.63) is 67.1 Å². The number of carbonyl (C=O) groups is 2. The number of nitrogens with one attached hydrogen (secondary N) is 2.